The molecule has 0 aromatic heterocycles. The molecule has 1 N–H and O–H groups in total. The van der Waals surface area contributed by atoms with Crippen molar-refractivity contribution in [2.45, 2.75) is 51.1 Å². The molecule has 0 spiro atoms. The Bertz CT molecular complexity index is 1490. The van der Waals surface area contributed by atoms with Crippen LogP contribution in [0.4, 0.5) is 26.3 Å². The largest absolute Gasteiger partial charge is 0.478 e. The number of rotatable bonds is 8. The number of carboxylic acids is 1. The van der Waals surface area contributed by atoms with Crippen LogP contribution in [0.25, 0.3) is 11.1 Å². The van der Waals surface area contributed by atoms with E-state index in [9.17, 15) is 36.2 Å². The molecule has 10 heteroatoms. The summed E-state index contributed by atoms with van der Waals surface area (Å²) in [4.78, 5) is 13.7. The molecule has 1 saturated heterocycles. The summed E-state index contributed by atoms with van der Waals surface area (Å²) in [6, 6.07) is 15.0. The summed E-state index contributed by atoms with van der Waals surface area (Å²) in [5.74, 6) is -1.74. The monoisotopic (exact) mass is 623 g/mol. The Kier molecular flexibility index (Phi) is 10.3. The molecule has 1 aliphatic carbocycles. The van der Waals surface area contributed by atoms with Crippen LogP contribution in [0.5, 0.6) is 0 Å². The topological polar surface area (TPSA) is 40.5 Å². The second kappa shape index (κ2) is 13.6. The summed E-state index contributed by atoms with van der Waals surface area (Å²) in [6.45, 7) is 1.89. The first-order valence-electron chi connectivity index (χ1n) is 14.1. The Morgan fingerprint density at radius 2 is 1.70 bits per heavy atom. The summed E-state index contributed by atoms with van der Waals surface area (Å²) < 4.78 is 81.6. The Morgan fingerprint density at radius 1 is 0.977 bits per heavy atom. The van der Waals surface area contributed by atoms with Crippen molar-refractivity contribution >= 4 is 29.5 Å². The molecule has 1 heterocycles. The van der Waals surface area contributed by atoms with Crippen molar-refractivity contribution in [3.05, 3.63) is 105 Å². The van der Waals surface area contributed by atoms with Crippen LogP contribution in [-0.4, -0.2) is 42.0 Å². The van der Waals surface area contributed by atoms with Crippen molar-refractivity contribution in [3.63, 3.8) is 0 Å². The van der Waals surface area contributed by atoms with E-state index in [1.165, 1.54) is 12.1 Å². The first kappa shape index (κ1) is 32.6. The SMILES string of the molecule is Cl.O=C(O)c1ccc2c(c1)CCCC(c1ccc(F)cc1C(F)(F)F)=C2c1ccc(CC2CCN(CCC(F)F)C2)cc1. The molecule has 3 nitrogen and oxygen atoms in total. The average molecular weight is 624 g/mol. The molecule has 0 radical (unpaired) electrons. The molecule has 3 aromatic carbocycles. The van der Waals surface area contributed by atoms with E-state index in [1.807, 2.05) is 24.3 Å². The van der Waals surface area contributed by atoms with Crippen LogP contribution in [0.15, 0.2) is 60.7 Å². The fourth-order valence-electron chi connectivity index (χ4n) is 6.24. The van der Waals surface area contributed by atoms with Crippen LogP contribution >= 0.6 is 12.4 Å². The van der Waals surface area contributed by atoms with Gasteiger partial charge in [0, 0.05) is 19.5 Å². The van der Waals surface area contributed by atoms with Crippen LogP contribution in [-0.2, 0) is 19.0 Å². The second-order valence-corrected chi connectivity index (χ2v) is 11.1. The highest BCUT2D eigenvalue weighted by atomic mass is 35.5. The molecule has 43 heavy (non-hydrogen) atoms. The van der Waals surface area contributed by atoms with Gasteiger partial charge in [0.25, 0.3) is 0 Å². The second-order valence-electron chi connectivity index (χ2n) is 11.1. The van der Waals surface area contributed by atoms with E-state index >= 15 is 0 Å². The normalized spacial score (nSPS) is 17.5. The van der Waals surface area contributed by atoms with Gasteiger partial charge < -0.3 is 10.0 Å². The lowest BCUT2D eigenvalue weighted by atomic mass is 9.85. The summed E-state index contributed by atoms with van der Waals surface area (Å²) in [5, 5.41) is 9.53. The number of allylic oxidation sites excluding steroid dienone is 1. The molecule has 1 aliphatic heterocycles. The summed E-state index contributed by atoms with van der Waals surface area (Å²) >= 11 is 0. The molecule has 0 amide bonds. The highest BCUT2D eigenvalue weighted by Gasteiger charge is 2.36. The molecular formula is C33H32ClF6NO2. The number of carboxylic acid groups (broad SMARTS) is 1. The number of hydrogen-bond donors (Lipinski definition) is 1. The van der Waals surface area contributed by atoms with Gasteiger partial charge in [0.05, 0.1) is 11.1 Å². The van der Waals surface area contributed by atoms with E-state index in [-0.39, 0.29) is 30.0 Å². The lowest BCUT2D eigenvalue weighted by Crippen LogP contribution is -2.23. The van der Waals surface area contributed by atoms with E-state index in [4.69, 9.17) is 0 Å². The molecule has 2 aliphatic rings. The van der Waals surface area contributed by atoms with E-state index in [1.54, 1.807) is 12.1 Å². The fourth-order valence-corrected chi connectivity index (χ4v) is 6.24. The van der Waals surface area contributed by atoms with E-state index in [0.29, 0.717) is 60.1 Å². The van der Waals surface area contributed by atoms with Crippen LogP contribution in [0.1, 0.15) is 69.4 Å². The van der Waals surface area contributed by atoms with Crippen LogP contribution < -0.4 is 0 Å². The number of nitrogens with zero attached hydrogens (tertiary/aromatic N) is 1. The lowest BCUT2D eigenvalue weighted by molar-refractivity contribution is -0.138. The van der Waals surface area contributed by atoms with Crippen LogP contribution in [0.3, 0.4) is 0 Å². The maximum absolute atomic E-state index is 14.1. The maximum Gasteiger partial charge on any atom is 0.417 e. The highest BCUT2D eigenvalue weighted by molar-refractivity contribution is 6.01. The smallest absolute Gasteiger partial charge is 0.417 e. The Morgan fingerprint density at radius 3 is 2.37 bits per heavy atom. The van der Waals surface area contributed by atoms with Gasteiger partial charge in [-0.2, -0.15) is 13.2 Å². The van der Waals surface area contributed by atoms with Gasteiger partial charge in [0.15, 0.2) is 0 Å². The van der Waals surface area contributed by atoms with Crippen molar-refractivity contribution in [1.82, 2.24) is 4.90 Å². The van der Waals surface area contributed by atoms with E-state index in [0.717, 1.165) is 43.1 Å². The van der Waals surface area contributed by atoms with Gasteiger partial charge in [0.1, 0.15) is 5.82 Å². The molecular weight excluding hydrogens is 592 g/mol. The molecule has 1 atom stereocenters. The van der Waals surface area contributed by atoms with E-state index < -0.39 is 30.0 Å². The number of aromatic carboxylic acids is 1. The molecule has 0 saturated carbocycles. The van der Waals surface area contributed by atoms with Crippen molar-refractivity contribution in [3.8, 4) is 0 Å². The van der Waals surface area contributed by atoms with E-state index in [2.05, 4.69) is 4.90 Å². The zero-order valence-electron chi connectivity index (χ0n) is 23.3. The van der Waals surface area contributed by atoms with Gasteiger partial charge in [0.2, 0.25) is 6.43 Å². The average Bonchev–Trinajstić information content (AvgIpc) is 3.30. The molecule has 1 fully saturated rings. The first-order valence-corrected chi connectivity index (χ1v) is 14.1. The number of likely N-dealkylation sites (tertiary alicyclic amines) is 1. The number of fused-ring (bicyclic) bond motifs is 1. The fraction of sp³-hybridized carbons (Fsp3) is 0.364. The van der Waals surface area contributed by atoms with Gasteiger partial charge in [-0.25, -0.2) is 18.0 Å². The zero-order valence-corrected chi connectivity index (χ0v) is 24.1. The van der Waals surface area contributed by atoms with Crippen molar-refractivity contribution in [1.29, 1.82) is 0 Å². The third-order valence-electron chi connectivity index (χ3n) is 8.21. The van der Waals surface area contributed by atoms with Gasteiger partial charge in [-0.15, -0.1) is 12.4 Å². The first-order chi connectivity index (χ1) is 20.0. The third kappa shape index (κ3) is 7.62. The van der Waals surface area contributed by atoms with Gasteiger partial charge >= 0.3 is 12.1 Å². The number of aryl methyl sites for hydroxylation is 1. The lowest BCUT2D eigenvalue weighted by Gasteiger charge is -2.20. The maximum atomic E-state index is 14.1. The predicted octanol–water partition coefficient (Wildman–Crippen LogP) is 8.78. The summed E-state index contributed by atoms with van der Waals surface area (Å²) in [7, 11) is 0. The van der Waals surface area contributed by atoms with Gasteiger partial charge in [-0.1, -0.05) is 36.4 Å². The minimum absolute atomic E-state index is 0. The summed E-state index contributed by atoms with van der Waals surface area (Å²) in [6.07, 6.45) is -4.30. The van der Waals surface area contributed by atoms with Gasteiger partial charge in [-0.3, -0.25) is 0 Å². The number of alkyl halides is 5. The minimum Gasteiger partial charge on any atom is -0.478 e. The van der Waals surface area contributed by atoms with Crippen LogP contribution in [0.2, 0.25) is 0 Å². The number of halogens is 7. The Hall–Kier alpha value is -3.30. The Labute approximate surface area is 252 Å². The molecule has 1 unspecified atom stereocenters. The van der Waals surface area contributed by atoms with Crippen molar-refractivity contribution in [2.24, 2.45) is 5.92 Å². The van der Waals surface area contributed by atoms with Crippen LogP contribution in [0, 0.1) is 11.7 Å². The molecule has 0 bridgehead atoms. The predicted molar refractivity (Wildman–Crippen MR) is 156 cm³/mol. The number of carbonyl (C=O) groups is 1. The van der Waals surface area contributed by atoms with Crippen molar-refractivity contribution < 1.29 is 36.2 Å². The quantitative estimate of drug-likeness (QED) is 0.255. The zero-order chi connectivity index (χ0) is 30.0. The summed E-state index contributed by atoms with van der Waals surface area (Å²) in [5.41, 5.74) is 3.07. The standard InChI is InChI=1S/C33H31F6NO2.ClH/c34-25-9-11-27(29(18-25)33(37,38)39)28-3-1-2-23-17-24(32(41)42)8-10-26(23)31(28)22-6-4-20(5-7-22)16-21-12-14-40(19-21)15-13-30(35)36;/h4-11,17-18,21,30H,1-3,12-16,19H2,(H,41,42);1H. The molecule has 5 rings (SSSR count). The number of benzene rings is 3. The van der Waals surface area contributed by atoms with Crippen molar-refractivity contribution in [2.75, 3.05) is 19.6 Å². The molecule has 3 aromatic rings. The Balaban J connectivity index is 0.00000423. The third-order valence-corrected chi connectivity index (χ3v) is 8.21. The van der Waals surface area contributed by atoms with Gasteiger partial charge in [-0.05, 0) is 108 Å². The molecule has 230 valence electrons. The number of hydrogen-bond acceptors (Lipinski definition) is 2. The minimum atomic E-state index is -4.77. The highest BCUT2D eigenvalue weighted by Crippen LogP contribution is 2.44.